The van der Waals surface area contributed by atoms with Gasteiger partial charge in [0.25, 0.3) is 0 Å². The maximum absolute atomic E-state index is 12.2. The summed E-state index contributed by atoms with van der Waals surface area (Å²) in [7, 11) is 2.91. The Morgan fingerprint density at radius 1 is 1.19 bits per heavy atom. The molecule has 0 radical (unpaired) electrons. The van der Waals surface area contributed by atoms with Crippen molar-refractivity contribution in [2.75, 3.05) is 14.2 Å². The molecule has 6 heteroatoms. The Balaban J connectivity index is 1.87. The van der Waals surface area contributed by atoms with E-state index in [-0.39, 0.29) is 17.8 Å². The molecule has 134 valence electrons. The number of ether oxygens (including phenoxy) is 2. The van der Waals surface area contributed by atoms with Crippen molar-refractivity contribution in [3.8, 4) is 11.5 Å². The van der Waals surface area contributed by atoms with Gasteiger partial charge in [0.2, 0.25) is 0 Å². The van der Waals surface area contributed by atoms with Gasteiger partial charge < -0.3 is 19.6 Å². The van der Waals surface area contributed by atoms with Gasteiger partial charge in [-0.2, -0.15) is 0 Å². The molecule has 3 aromatic rings. The molecule has 6 nitrogen and oxygen atoms in total. The summed E-state index contributed by atoms with van der Waals surface area (Å²) >= 11 is 0. The fourth-order valence-electron chi connectivity index (χ4n) is 3.67. The van der Waals surface area contributed by atoms with Crippen LogP contribution in [0.1, 0.15) is 22.9 Å². The second-order valence-corrected chi connectivity index (χ2v) is 6.37. The fraction of sp³-hybridized carbons (Fsp3) is 0.250. The molecule has 0 fully saturated rings. The number of para-hydroxylation sites is 1. The normalized spacial score (nSPS) is 19.2. The smallest absolute Gasteiger partial charge is 0.323 e. The maximum Gasteiger partial charge on any atom is 0.323 e. The number of aromatic hydroxyl groups is 1. The third kappa shape index (κ3) is 2.59. The molecule has 26 heavy (non-hydrogen) atoms. The lowest BCUT2D eigenvalue weighted by molar-refractivity contribution is -0.143. The Morgan fingerprint density at radius 2 is 2.00 bits per heavy atom. The van der Waals surface area contributed by atoms with E-state index in [1.165, 1.54) is 14.2 Å². The van der Waals surface area contributed by atoms with Crippen LogP contribution in [0.5, 0.6) is 11.5 Å². The van der Waals surface area contributed by atoms with Crippen LogP contribution in [-0.4, -0.2) is 36.3 Å². The highest BCUT2D eigenvalue weighted by Gasteiger charge is 2.34. The Kier molecular flexibility index (Phi) is 4.05. The summed E-state index contributed by atoms with van der Waals surface area (Å²) in [5.41, 5.74) is 4.03. The molecule has 3 N–H and O–H groups in total. The summed E-state index contributed by atoms with van der Waals surface area (Å²) in [6.45, 7) is 0. The van der Waals surface area contributed by atoms with E-state index < -0.39 is 6.04 Å². The third-order valence-electron chi connectivity index (χ3n) is 4.93. The SMILES string of the molecule is COC(=O)[C@@H]1Cc2c([nH]c3ccccc23)C(c2ccc(O)c(OC)c2)N1. The fourth-order valence-corrected chi connectivity index (χ4v) is 3.67. The van der Waals surface area contributed by atoms with Gasteiger partial charge in [-0.1, -0.05) is 24.3 Å². The zero-order valence-electron chi connectivity index (χ0n) is 14.6. The van der Waals surface area contributed by atoms with E-state index in [0.717, 1.165) is 27.7 Å². The molecule has 1 aliphatic rings. The lowest BCUT2D eigenvalue weighted by atomic mass is 9.90. The van der Waals surface area contributed by atoms with Crippen molar-refractivity contribution in [1.29, 1.82) is 0 Å². The minimum Gasteiger partial charge on any atom is -0.504 e. The number of aromatic nitrogens is 1. The Bertz CT molecular complexity index is 979. The molecule has 0 amide bonds. The second kappa shape index (κ2) is 6.38. The first kappa shape index (κ1) is 16.5. The zero-order valence-corrected chi connectivity index (χ0v) is 14.6. The predicted octanol–water partition coefficient (Wildman–Crippen LogP) is 2.66. The van der Waals surface area contributed by atoms with Crippen molar-refractivity contribution in [2.24, 2.45) is 0 Å². The van der Waals surface area contributed by atoms with Crippen LogP contribution in [0.15, 0.2) is 42.5 Å². The van der Waals surface area contributed by atoms with Crippen LogP contribution in [-0.2, 0) is 16.0 Å². The first-order valence-corrected chi connectivity index (χ1v) is 8.42. The monoisotopic (exact) mass is 352 g/mol. The van der Waals surface area contributed by atoms with Crippen LogP contribution in [0.2, 0.25) is 0 Å². The lowest BCUT2D eigenvalue weighted by Gasteiger charge is -2.30. The molecule has 1 unspecified atom stereocenters. The van der Waals surface area contributed by atoms with Gasteiger partial charge in [-0.25, -0.2) is 0 Å². The number of esters is 1. The summed E-state index contributed by atoms with van der Waals surface area (Å²) in [6.07, 6.45) is 0.553. The second-order valence-electron chi connectivity index (χ2n) is 6.37. The first-order chi connectivity index (χ1) is 12.6. The number of hydrogen-bond acceptors (Lipinski definition) is 5. The number of carbonyl (C=O) groups excluding carboxylic acids is 1. The first-order valence-electron chi connectivity index (χ1n) is 8.42. The van der Waals surface area contributed by atoms with E-state index in [1.54, 1.807) is 12.1 Å². The maximum atomic E-state index is 12.2. The van der Waals surface area contributed by atoms with Gasteiger partial charge in [-0.05, 0) is 29.3 Å². The summed E-state index contributed by atoms with van der Waals surface area (Å²) in [5.74, 6) is 0.173. The number of rotatable bonds is 3. The van der Waals surface area contributed by atoms with Crippen molar-refractivity contribution in [1.82, 2.24) is 10.3 Å². The van der Waals surface area contributed by atoms with Crippen molar-refractivity contribution >= 4 is 16.9 Å². The molecule has 0 saturated carbocycles. The lowest BCUT2D eigenvalue weighted by Crippen LogP contribution is -2.45. The number of hydrogen-bond donors (Lipinski definition) is 3. The highest BCUT2D eigenvalue weighted by Crippen LogP contribution is 2.37. The van der Waals surface area contributed by atoms with Gasteiger partial charge in [0, 0.05) is 23.0 Å². The molecular weight excluding hydrogens is 332 g/mol. The zero-order chi connectivity index (χ0) is 18.3. The number of benzene rings is 2. The number of phenols is 1. The molecule has 4 rings (SSSR count). The van der Waals surface area contributed by atoms with Crippen molar-refractivity contribution in [2.45, 2.75) is 18.5 Å². The number of carbonyl (C=O) groups is 1. The highest BCUT2D eigenvalue weighted by atomic mass is 16.5. The van der Waals surface area contributed by atoms with E-state index >= 15 is 0 Å². The number of H-pyrrole nitrogens is 1. The summed E-state index contributed by atoms with van der Waals surface area (Å²) in [5, 5.41) is 14.4. The predicted molar refractivity (Wildman–Crippen MR) is 97.4 cm³/mol. The summed E-state index contributed by atoms with van der Waals surface area (Å²) in [4.78, 5) is 15.7. The average molecular weight is 352 g/mol. The Labute approximate surface area is 150 Å². The van der Waals surface area contributed by atoms with Crippen LogP contribution < -0.4 is 10.1 Å². The van der Waals surface area contributed by atoms with Gasteiger partial charge in [0.15, 0.2) is 11.5 Å². The van der Waals surface area contributed by atoms with Crippen LogP contribution in [0, 0.1) is 0 Å². The molecule has 2 atom stereocenters. The minimum absolute atomic E-state index is 0.0773. The van der Waals surface area contributed by atoms with Gasteiger partial charge in [0.05, 0.1) is 20.3 Å². The number of methoxy groups -OCH3 is 2. The molecular formula is C20H20N2O4. The number of nitrogens with one attached hydrogen (secondary N) is 2. The van der Waals surface area contributed by atoms with Crippen molar-refractivity contribution in [3.63, 3.8) is 0 Å². The topological polar surface area (TPSA) is 83.6 Å². The van der Waals surface area contributed by atoms with E-state index in [0.29, 0.717) is 12.2 Å². The van der Waals surface area contributed by atoms with Gasteiger partial charge in [-0.15, -0.1) is 0 Å². The number of phenolic OH excluding ortho intramolecular Hbond substituents is 1. The standard InChI is InChI=1S/C20H20N2O4/c1-25-17-9-11(7-8-16(17)23)18-19-13(10-15(22-18)20(24)26-2)12-5-3-4-6-14(12)21-19/h3-9,15,18,21-23H,10H2,1-2H3/t15-,18?/m0/s1. The van der Waals surface area contributed by atoms with E-state index in [1.807, 2.05) is 24.3 Å². The van der Waals surface area contributed by atoms with Gasteiger partial charge in [0.1, 0.15) is 6.04 Å². The quantitative estimate of drug-likeness (QED) is 0.631. The molecule has 0 spiro atoms. The number of aromatic amines is 1. The Hall–Kier alpha value is -2.99. The Morgan fingerprint density at radius 3 is 2.77 bits per heavy atom. The molecule has 0 saturated heterocycles. The minimum atomic E-state index is -0.448. The molecule has 2 aromatic carbocycles. The molecule has 1 aromatic heterocycles. The van der Waals surface area contributed by atoms with Gasteiger partial charge in [-0.3, -0.25) is 10.1 Å². The van der Waals surface area contributed by atoms with E-state index in [9.17, 15) is 9.90 Å². The van der Waals surface area contributed by atoms with E-state index in [4.69, 9.17) is 9.47 Å². The van der Waals surface area contributed by atoms with Crippen LogP contribution in [0.3, 0.4) is 0 Å². The van der Waals surface area contributed by atoms with Crippen LogP contribution in [0.25, 0.3) is 10.9 Å². The van der Waals surface area contributed by atoms with Crippen LogP contribution in [0.4, 0.5) is 0 Å². The largest absolute Gasteiger partial charge is 0.504 e. The molecule has 0 bridgehead atoms. The summed E-state index contributed by atoms with van der Waals surface area (Å²) < 4.78 is 10.2. The van der Waals surface area contributed by atoms with Crippen LogP contribution >= 0.6 is 0 Å². The molecule has 2 heterocycles. The van der Waals surface area contributed by atoms with Crippen molar-refractivity contribution < 1.29 is 19.4 Å². The van der Waals surface area contributed by atoms with E-state index in [2.05, 4.69) is 16.4 Å². The van der Waals surface area contributed by atoms with Gasteiger partial charge >= 0.3 is 5.97 Å². The highest BCUT2D eigenvalue weighted by molar-refractivity contribution is 5.87. The van der Waals surface area contributed by atoms with Crippen molar-refractivity contribution in [3.05, 3.63) is 59.3 Å². The molecule has 1 aliphatic heterocycles. The average Bonchev–Trinajstić information content (AvgIpc) is 3.05. The number of fused-ring (bicyclic) bond motifs is 3. The summed E-state index contributed by atoms with van der Waals surface area (Å²) in [6, 6.07) is 12.6. The third-order valence-corrected chi connectivity index (χ3v) is 4.93. The molecule has 0 aliphatic carbocycles.